The van der Waals surface area contributed by atoms with Crippen molar-refractivity contribution in [3.63, 3.8) is 0 Å². The number of hydrogen-bond donors (Lipinski definition) is 3. The first-order valence-electron chi connectivity index (χ1n) is 7.43. The monoisotopic (exact) mass is 317 g/mol. The Balaban J connectivity index is 2.01. The highest BCUT2D eigenvalue weighted by Crippen LogP contribution is 2.24. The highest BCUT2D eigenvalue weighted by molar-refractivity contribution is 6.00. The highest BCUT2D eigenvalue weighted by atomic mass is 16.4. The SMILES string of the molecule is CCCCNC(=O)c1ccc(CC(=O)c2ccc(O)cc2O)o1. The molecule has 0 spiro atoms. The van der Waals surface area contributed by atoms with Gasteiger partial charge in [-0.25, -0.2) is 0 Å². The highest BCUT2D eigenvalue weighted by Gasteiger charge is 2.16. The Hall–Kier alpha value is -2.76. The summed E-state index contributed by atoms with van der Waals surface area (Å²) in [6.07, 6.45) is 1.78. The van der Waals surface area contributed by atoms with E-state index in [0.717, 1.165) is 18.9 Å². The Morgan fingerprint density at radius 1 is 1.17 bits per heavy atom. The number of furan rings is 1. The number of benzene rings is 1. The number of amides is 1. The van der Waals surface area contributed by atoms with Gasteiger partial charge in [0.1, 0.15) is 17.3 Å². The molecule has 1 amide bonds. The molecule has 0 saturated heterocycles. The molecule has 23 heavy (non-hydrogen) atoms. The van der Waals surface area contributed by atoms with Crippen molar-refractivity contribution in [3.8, 4) is 11.5 Å². The topological polar surface area (TPSA) is 99.8 Å². The molecular formula is C17H19NO5. The zero-order valence-corrected chi connectivity index (χ0v) is 12.8. The van der Waals surface area contributed by atoms with E-state index in [2.05, 4.69) is 5.32 Å². The van der Waals surface area contributed by atoms with Crippen LogP contribution < -0.4 is 5.32 Å². The van der Waals surface area contributed by atoms with Crippen LogP contribution in [0.15, 0.2) is 34.7 Å². The van der Waals surface area contributed by atoms with Crippen LogP contribution in [0.1, 0.15) is 46.4 Å². The second-order valence-electron chi connectivity index (χ2n) is 5.18. The summed E-state index contributed by atoms with van der Waals surface area (Å²) in [5, 5.41) is 21.6. The minimum absolute atomic E-state index is 0.0828. The largest absolute Gasteiger partial charge is 0.508 e. The van der Waals surface area contributed by atoms with Gasteiger partial charge in [0, 0.05) is 12.6 Å². The molecule has 0 bridgehead atoms. The van der Waals surface area contributed by atoms with Crippen molar-refractivity contribution < 1.29 is 24.2 Å². The van der Waals surface area contributed by atoms with E-state index in [1.54, 1.807) is 6.07 Å². The standard InChI is InChI=1S/C17H19NO5/c1-2-3-8-18-17(22)16-7-5-12(23-16)10-15(21)13-6-4-11(19)9-14(13)20/h4-7,9,19-20H,2-3,8,10H2,1H3,(H,18,22). The second-order valence-corrected chi connectivity index (χ2v) is 5.18. The predicted octanol–water partition coefficient (Wildman–Crippen LogP) is 2.65. The number of carbonyl (C=O) groups is 2. The van der Waals surface area contributed by atoms with Crippen LogP contribution in [0.4, 0.5) is 0 Å². The smallest absolute Gasteiger partial charge is 0.286 e. The number of phenols is 2. The van der Waals surface area contributed by atoms with Crippen molar-refractivity contribution >= 4 is 11.7 Å². The van der Waals surface area contributed by atoms with E-state index in [1.165, 1.54) is 18.2 Å². The molecule has 0 saturated carbocycles. The lowest BCUT2D eigenvalue weighted by Gasteiger charge is -2.03. The lowest BCUT2D eigenvalue weighted by Crippen LogP contribution is -2.23. The van der Waals surface area contributed by atoms with E-state index < -0.39 is 0 Å². The van der Waals surface area contributed by atoms with Crippen molar-refractivity contribution in [2.45, 2.75) is 26.2 Å². The van der Waals surface area contributed by atoms with Gasteiger partial charge in [-0.05, 0) is 30.7 Å². The molecule has 0 aliphatic rings. The van der Waals surface area contributed by atoms with E-state index in [-0.39, 0.29) is 40.9 Å². The molecule has 1 aromatic carbocycles. The van der Waals surface area contributed by atoms with E-state index in [0.29, 0.717) is 12.3 Å². The van der Waals surface area contributed by atoms with Crippen LogP contribution in [0.3, 0.4) is 0 Å². The minimum Gasteiger partial charge on any atom is -0.508 e. The Labute approximate surface area is 133 Å². The van der Waals surface area contributed by atoms with Gasteiger partial charge in [-0.2, -0.15) is 0 Å². The molecule has 1 heterocycles. The maximum absolute atomic E-state index is 12.1. The molecule has 3 N–H and O–H groups in total. The molecule has 0 radical (unpaired) electrons. The first kappa shape index (κ1) is 16.6. The normalized spacial score (nSPS) is 10.5. The van der Waals surface area contributed by atoms with E-state index >= 15 is 0 Å². The summed E-state index contributed by atoms with van der Waals surface area (Å²) in [5.41, 5.74) is 0.0909. The number of nitrogens with one attached hydrogen (secondary N) is 1. The molecule has 122 valence electrons. The summed E-state index contributed by atoms with van der Waals surface area (Å²) >= 11 is 0. The molecule has 6 heteroatoms. The minimum atomic E-state index is -0.366. The maximum Gasteiger partial charge on any atom is 0.286 e. The molecule has 6 nitrogen and oxygen atoms in total. The lowest BCUT2D eigenvalue weighted by atomic mass is 10.1. The number of rotatable bonds is 7. The Morgan fingerprint density at radius 2 is 1.96 bits per heavy atom. The third-order valence-electron chi connectivity index (χ3n) is 3.32. The van der Waals surface area contributed by atoms with Gasteiger partial charge in [-0.15, -0.1) is 0 Å². The Morgan fingerprint density at radius 3 is 2.65 bits per heavy atom. The van der Waals surface area contributed by atoms with Crippen LogP contribution in [0, 0.1) is 0 Å². The van der Waals surface area contributed by atoms with Crippen LogP contribution in [0.2, 0.25) is 0 Å². The van der Waals surface area contributed by atoms with Crippen molar-refractivity contribution in [2.75, 3.05) is 6.54 Å². The number of carbonyl (C=O) groups excluding carboxylic acids is 2. The summed E-state index contributed by atoms with van der Waals surface area (Å²) in [4.78, 5) is 24.0. The third-order valence-corrected chi connectivity index (χ3v) is 3.32. The van der Waals surface area contributed by atoms with Crippen LogP contribution >= 0.6 is 0 Å². The van der Waals surface area contributed by atoms with Gasteiger partial charge >= 0.3 is 0 Å². The van der Waals surface area contributed by atoms with E-state index in [1.807, 2.05) is 6.92 Å². The summed E-state index contributed by atoms with van der Waals surface area (Å²) in [7, 11) is 0. The number of Topliss-reactive ketones (excluding diaryl/α,β-unsaturated/α-hetero) is 1. The van der Waals surface area contributed by atoms with Gasteiger partial charge in [0.25, 0.3) is 5.91 Å². The average molecular weight is 317 g/mol. The van der Waals surface area contributed by atoms with Crippen molar-refractivity contribution in [2.24, 2.45) is 0 Å². The molecule has 0 aliphatic heterocycles. The van der Waals surface area contributed by atoms with Crippen molar-refractivity contribution in [1.29, 1.82) is 0 Å². The summed E-state index contributed by atoms with van der Waals surface area (Å²) in [6.45, 7) is 2.60. The van der Waals surface area contributed by atoms with Crippen LogP contribution in [0.25, 0.3) is 0 Å². The third kappa shape index (κ3) is 4.35. The second kappa shape index (κ2) is 7.49. The number of unbranched alkanes of at least 4 members (excludes halogenated alkanes) is 1. The van der Waals surface area contributed by atoms with Gasteiger partial charge in [0.2, 0.25) is 0 Å². The van der Waals surface area contributed by atoms with E-state index in [9.17, 15) is 19.8 Å². The van der Waals surface area contributed by atoms with Gasteiger partial charge in [0.05, 0.1) is 12.0 Å². The fourth-order valence-electron chi connectivity index (χ4n) is 2.07. The first-order chi connectivity index (χ1) is 11.0. The quantitative estimate of drug-likeness (QED) is 0.538. The van der Waals surface area contributed by atoms with Gasteiger partial charge in [-0.1, -0.05) is 13.3 Å². The number of aromatic hydroxyl groups is 2. The number of phenolic OH excluding ortho intramolecular Hbond substituents is 2. The fraction of sp³-hybridized carbons (Fsp3) is 0.294. The molecule has 2 aromatic rings. The predicted molar refractivity (Wildman–Crippen MR) is 83.8 cm³/mol. The zero-order valence-electron chi connectivity index (χ0n) is 12.8. The number of hydrogen-bond acceptors (Lipinski definition) is 5. The molecule has 2 rings (SSSR count). The Bertz CT molecular complexity index is 705. The Kier molecular flexibility index (Phi) is 5.41. The summed E-state index contributed by atoms with van der Waals surface area (Å²) in [6, 6.07) is 6.84. The maximum atomic E-state index is 12.1. The molecule has 0 fully saturated rings. The van der Waals surface area contributed by atoms with Crippen LogP contribution in [-0.4, -0.2) is 28.4 Å². The van der Waals surface area contributed by atoms with Crippen molar-refractivity contribution in [3.05, 3.63) is 47.4 Å². The zero-order chi connectivity index (χ0) is 16.8. The molecular weight excluding hydrogens is 298 g/mol. The van der Waals surface area contributed by atoms with Crippen LogP contribution in [-0.2, 0) is 6.42 Å². The van der Waals surface area contributed by atoms with Gasteiger partial charge in [0.15, 0.2) is 11.5 Å². The van der Waals surface area contributed by atoms with E-state index in [4.69, 9.17) is 4.42 Å². The first-order valence-corrected chi connectivity index (χ1v) is 7.43. The summed E-state index contributed by atoms with van der Waals surface area (Å²) in [5.74, 6) is -0.608. The van der Waals surface area contributed by atoms with Crippen LogP contribution in [0.5, 0.6) is 11.5 Å². The summed E-state index contributed by atoms with van der Waals surface area (Å²) < 4.78 is 5.37. The average Bonchev–Trinajstić information content (AvgIpc) is 2.95. The van der Waals surface area contributed by atoms with Crippen molar-refractivity contribution in [1.82, 2.24) is 5.32 Å². The molecule has 0 atom stereocenters. The number of ketones is 1. The molecule has 1 aromatic heterocycles. The molecule has 0 unspecified atom stereocenters. The van der Waals surface area contributed by atoms with Gasteiger partial charge in [-0.3, -0.25) is 9.59 Å². The lowest BCUT2D eigenvalue weighted by molar-refractivity contribution is 0.0915. The van der Waals surface area contributed by atoms with Gasteiger partial charge < -0.3 is 19.9 Å². The molecule has 0 aliphatic carbocycles. The fourth-order valence-corrected chi connectivity index (χ4v) is 2.07.